The molecule has 4 heteroatoms. The fraction of sp³-hybridized carbons (Fsp3) is 0.750. The maximum absolute atomic E-state index is 4.69. The summed E-state index contributed by atoms with van der Waals surface area (Å²) < 4.78 is 0. The smallest absolute Gasteiger partial charge is 0.136 e. The largest absolute Gasteiger partial charge is 0.370 e. The Labute approximate surface area is 122 Å². The minimum atomic E-state index is 0.441. The monoisotopic (exact) mass is 276 g/mol. The highest BCUT2D eigenvalue weighted by atomic mass is 15.1. The van der Waals surface area contributed by atoms with Crippen LogP contribution in [0.5, 0.6) is 0 Å². The Balaban J connectivity index is 2.07. The molecule has 1 aliphatic carbocycles. The van der Waals surface area contributed by atoms with Crippen molar-refractivity contribution in [2.45, 2.75) is 65.3 Å². The van der Waals surface area contributed by atoms with E-state index in [0.717, 1.165) is 36.8 Å². The average Bonchev–Trinajstić information content (AvgIpc) is 3.19. The van der Waals surface area contributed by atoms with Crippen molar-refractivity contribution in [1.82, 2.24) is 9.97 Å². The van der Waals surface area contributed by atoms with Gasteiger partial charge in [-0.1, -0.05) is 20.8 Å². The van der Waals surface area contributed by atoms with Crippen LogP contribution >= 0.6 is 0 Å². The van der Waals surface area contributed by atoms with E-state index in [-0.39, 0.29) is 0 Å². The van der Waals surface area contributed by atoms with Crippen molar-refractivity contribution in [3.63, 3.8) is 0 Å². The minimum absolute atomic E-state index is 0.441. The third-order valence-electron chi connectivity index (χ3n) is 3.46. The molecule has 1 saturated carbocycles. The molecule has 4 nitrogen and oxygen atoms in total. The summed E-state index contributed by atoms with van der Waals surface area (Å²) in [6, 6.07) is 2.48. The van der Waals surface area contributed by atoms with Crippen LogP contribution in [0.1, 0.15) is 65.1 Å². The van der Waals surface area contributed by atoms with Crippen LogP contribution in [0.25, 0.3) is 0 Å². The average molecular weight is 276 g/mol. The molecule has 1 aromatic rings. The molecule has 2 N–H and O–H groups in total. The molecule has 1 aromatic heterocycles. The molecule has 0 radical (unpaired) electrons. The van der Waals surface area contributed by atoms with Crippen molar-refractivity contribution >= 4 is 11.6 Å². The molecule has 0 spiro atoms. The first kappa shape index (κ1) is 15.1. The Morgan fingerprint density at radius 1 is 1.20 bits per heavy atom. The van der Waals surface area contributed by atoms with Crippen molar-refractivity contribution in [2.24, 2.45) is 5.92 Å². The van der Waals surface area contributed by atoms with Gasteiger partial charge in [-0.3, -0.25) is 0 Å². The second kappa shape index (κ2) is 6.91. The Bertz CT molecular complexity index is 426. The molecule has 0 aromatic carbocycles. The molecular formula is C16H28N4. The second-order valence-electron chi connectivity index (χ2n) is 6.37. The zero-order valence-corrected chi connectivity index (χ0v) is 13.2. The van der Waals surface area contributed by atoms with E-state index in [4.69, 9.17) is 0 Å². The van der Waals surface area contributed by atoms with E-state index < -0.39 is 0 Å². The van der Waals surface area contributed by atoms with Crippen LogP contribution < -0.4 is 10.6 Å². The Morgan fingerprint density at radius 3 is 2.50 bits per heavy atom. The standard InChI is InChI=1S/C16H28N4/c1-5-8-17-14-10-15(18-12(4)9-11(2)3)20-16(19-14)13-6-7-13/h10-13H,5-9H2,1-4H3,(H2,17,18,19,20). The number of rotatable bonds is 8. The van der Waals surface area contributed by atoms with E-state index in [1.54, 1.807) is 0 Å². The summed E-state index contributed by atoms with van der Waals surface area (Å²) in [5.74, 6) is 4.21. The Morgan fingerprint density at radius 2 is 1.90 bits per heavy atom. The topological polar surface area (TPSA) is 49.8 Å². The van der Waals surface area contributed by atoms with Gasteiger partial charge in [0.1, 0.15) is 17.5 Å². The number of hydrogen-bond acceptors (Lipinski definition) is 4. The zero-order chi connectivity index (χ0) is 14.5. The number of nitrogens with zero attached hydrogens (tertiary/aromatic N) is 2. The lowest BCUT2D eigenvalue weighted by Gasteiger charge is -2.17. The van der Waals surface area contributed by atoms with Crippen molar-refractivity contribution in [2.75, 3.05) is 17.2 Å². The zero-order valence-electron chi connectivity index (χ0n) is 13.2. The summed E-state index contributed by atoms with van der Waals surface area (Å²) in [7, 11) is 0. The lowest BCUT2D eigenvalue weighted by molar-refractivity contribution is 0.538. The molecule has 1 heterocycles. The van der Waals surface area contributed by atoms with Gasteiger partial charge in [-0.2, -0.15) is 0 Å². The summed E-state index contributed by atoms with van der Waals surface area (Å²) in [6.45, 7) is 9.85. The summed E-state index contributed by atoms with van der Waals surface area (Å²) in [4.78, 5) is 9.33. The van der Waals surface area contributed by atoms with E-state index in [9.17, 15) is 0 Å². The van der Waals surface area contributed by atoms with Gasteiger partial charge < -0.3 is 10.6 Å². The van der Waals surface area contributed by atoms with Gasteiger partial charge >= 0.3 is 0 Å². The van der Waals surface area contributed by atoms with Gasteiger partial charge in [0.2, 0.25) is 0 Å². The highest BCUT2D eigenvalue weighted by molar-refractivity contribution is 5.48. The molecule has 0 bridgehead atoms. The molecule has 2 rings (SSSR count). The lowest BCUT2D eigenvalue weighted by atomic mass is 10.1. The third-order valence-corrected chi connectivity index (χ3v) is 3.46. The van der Waals surface area contributed by atoms with Crippen LogP contribution in [0.3, 0.4) is 0 Å². The van der Waals surface area contributed by atoms with Crippen molar-refractivity contribution in [1.29, 1.82) is 0 Å². The van der Waals surface area contributed by atoms with E-state index in [0.29, 0.717) is 17.9 Å². The molecule has 20 heavy (non-hydrogen) atoms. The van der Waals surface area contributed by atoms with Gasteiger partial charge in [-0.05, 0) is 38.5 Å². The SMILES string of the molecule is CCCNc1cc(NC(C)CC(C)C)nc(C2CC2)n1. The predicted molar refractivity (Wildman–Crippen MR) is 85.3 cm³/mol. The predicted octanol–water partition coefficient (Wildman–Crippen LogP) is 4.02. The van der Waals surface area contributed by atoms with Crippen molar-refractivity contribution in [3.8, 4) is 0 Å². The fourth-order valence-corrected chi connectivity index (χ4v) is 2.43. The third kappa shape index (κ3) is 4.66. The van der Waals surface area contributed by atoms with Gasteiger partial charge in [0.15, 0.2) is 0 Å². The highest BCUT2D eigenvalue weighted by Crippen LogP contribution is 2.38. The first-order chi connectivity index (χ1) is 9.58. The van der Waals surface area contributed by atoms with Crippen LogP contribution in [-0.2, 0) is 0 Å². The van der Waals surface area contributed by atoms with Gasteiger partial charge in [0, 0.05) is 24.6 Å². The Kier molecular flexibility index (Phi) is 5.21. The van der Waals surface area contributed by atoms with Gasteiger partial charge in [-0.25, -0.2) is 9.97 Å². The maximum Gasteiger partial charge on any atom is 0.136 e. The van der Waals surface area contributed by atoms with Crippen LogP contribution in [0.4, 0.5) is 11.6 Å². The molecule has 112 valence electrons. The minimum Gasteiger partial charge on any atom is -0.370 e. The van der Waals surface area contributed by atoms with Crippen LogP contribution in [0.15, 0.2) is 6.07 Å². The van der Waals surface area contributed by atoms with E-state index in [2.05, 4.69) is 48.3 Å². The first-order valence-corrected chi connectivity index (χ1v) is 7.97. The number of nitrogens with one attached hydrogen (secondary N) is 2. The summed E-state index contributed by atoms with van der Waals surface area (Å²) in [5.41, 5.74) is 0. The van der Waals surface area contributed by atoms with Crippen LogP contribution in [0, 0.1) is 5.92 Å². The van der Waals surface area contributed by atoms with E-state index in [1.165, 1.54) is 12.8 Å². The molecule has 1 aliphatic rings. The first-order valence-electron chi connectivity index (χ1n) is 7.97. The molecule has 1 unspecified atom stereocenters. The second-order valence-corrected chi connectivity index (χ2v) is 6.37. The lowest BCUT2D eigenvalue weighted by Crippen LogP contribution is -2.19. The normalized spacial score (nSPS) is 16.2. The molecule has 0 amide bonds. The van der Waals surface area contributed by atoms with Gasteiger partial charge in [0.05, 0.1) is 0 Å². The number of anilines is 2. The van der Waals surface area contributed by atoms with E-state index in [1.807, 2.05) is 6.07 Å². The molecular weight excluding hydrogens is 248 g/mol. The van der Waals surface area contributed by atoms with Crippen molar-refractivity contribution < 1.29 is 0 Å². The van der Waals surface area contributed by atoms with Crippen LogP contribution in [-0.4, -0.2) is 22.6 Å². The summed E-state index contributed by atoms with van der Waals surface area (Å²) in [5, 5.41) is 6.90. The molecule has 1 atom stereocenters. The van der Waals surface area contributed by atoms with Gasteiger partial charge in [-0.15, -0.1) is 0 Å². The molecule has 0 aliphatic heterocycles. The van der Waals surface area contributed by atoms with Gasteiger partial charge in [0.25, 0.3) is 0 Å². The quantitative estimate of drug-likeness (QED) is 0.753. The van der Waals surface area contributed by atoms with Crippen molar-refractivity contribution in [3.05, 3.63) is 11.9 Å². The summed E-state index contributed by atoms with van der Waals surface area (Å²) in [6.07, 6.45) is 4.73. The molecule has 0 saturated heterocycles. The van der Waals surface area contributed by atoms with Crippen LogP contribution in [0.2, 0.25) is 0 Å². The number of hydrogen-bond donors (Lipinski definition) is 2. The maximum atomic E-state index is 4.69. The molecule has 1 fully saturated rings. The fourth-order valence-electron chi connectivity index (χ4n) is 2.43. The summed E-state index contributed by atoms with van der Waals surface area (Å²) >= 11 is 0. The number of aromatic nitrogens is 2. The Hall–Kier alpha value is -1.32. The van der Waals surface area contributed by atoms with E-state index >= 15 is 0 Å². The highest BCUT2D eigenvalue weighted by Gasteiger charge is 2.27.